The molecule has 0 fully saturated rings. The standard InChI is InChI=1S/C18H11Cl3FN3O2/c19-10-3-6-12(13(20)7-10)17-24-15(14(21)16(23)25-17)18(26)27-8-9-1-4-11(22)5-2-9/h1-7H,8H2,(H2,23,24,25). The van der Waals surface area contributed by atoms with Gasteiger partial charge in [-0.2, -0.15) is 0 Å². The number of carbonyl (C=O) groups is 1. The van der Waals surface area contributed by atoms with Gasteiger partial charge in [0.2, 0.25) is 0 Å². The lowest BCUT2D eigenvalue weighted by molar-refractivity contribution is 0.0466. The Morgan fingerprint density at radius 3 is 2.44 bits per heavy atom. The van der Waals surface area contributed by atoms with E-state index in [0.717, 1.165) is 0 Å². The third-order valence-electron chi connectivity index (χ3n) is 3.53. The van der Waals surface area contributed by atoms with E-state index in [1.165, 1.54) is 30.3 Å². The monoisotopic (exact) mass is 425 g/mol. The van der Waals surface area contributed by atoms with Gasteiger partial charge in [0.1, 0.15) is 23.3 Å². The van der Waals surface area contributed by atoms with Crippen LogP contribution < -0.4 is 5.73 Å². The first-order valence-corrected chi connectivity index (χ1v) is 8.68. The molecule has 0 radical (unpaired) electrons. The molecule has 1 aromatic heterocycles. The van der Waals surface area contributed by atoms with Gasteiger partial charge < -0.3 is 10.5 Å². The normalized spacial score (nSPS) is 10.7. The summed E-state index contributed by atoms with van der Waals surface area (Å²) in [7, 11) is 0. The summed E-state index contributed by atoms with van der Waals surface area (Å²) >= 11 is 18.1. The Morgan fingerprint density at radius 2 is 1.78 bits per heavy atom. The van der Waals surface area contributed by atoms with Crippen LogP contribution in [0.1, 0.15) is 16.1 Å². The number of nitrogen functional groups attached to an aromatic ring is 1. The van der Waals surface area contributed by atoms with Gasteiger partial charge in [0.25, 0.3) is 0 Å². The van der Waals surface area contributed by atoms with Crippen LogP contribution in [0.15, 0.2) is 42.5 Å². The largest absolute Gasteiger partial charge is 0.456 e. The Labute approximate surface area is 168 Å². The fourth-order valence-corrected chi connectivity index (χ4v) is 2.84. The molecule has 0 atom stereocenters. The fourth-order valence-electron chi connectivity index (χ4n) is 2.19. The number of nitrogens with zero attached hydrogens (tertiary/aromatic N) is 2. The topological polar surface area (TPSA) is 78.1 Å². The predicted octanol–water partition coefficient (Wildman–Crippen LogP) is 5.18. The van der Waals surface area contributed by atoms with Crippen molar-refractivity contribution in [2.45, 2.75) is 6.61 Å². The van der Waals surface area contributed by atoms with Crippen LogP contribution in [0.3, 0.4) is 0 Å². The van der Waals surface area contributed by atoms with Crippen LogP contribution in [0.2, 0.25) is 15.1 Å². The minimum Gasteiger partial charge on any atom is -0.456 e. The number of carbonyl (C=O) groups excluding carboxylic acids is 1. The quantitative estimate of drug-likeness (QED) is 0.581. The van der Waals surface area contributed by atoms with Crippen LogP contribution >= 0.6 is 34.8 Å². The number of benzene rings is 2. The zero-order valence-corrected chi connectivity index (χ0v) is 15.8. The maximum absolute atomic E-state index is 12.9. The summed E-state index contributed by atoms with van der Waals surface area (Å²) in [4.78, 5) is 20.6. The summed E-state index contributed by atoms with van der Waals surface area (Å²) < 4.78 is 18.1. The third kappa shape index (κ3) is 4.47. The second-order valence-corrected chi connectivity index (χ2v) is 6.64. The molecule has 3 rings (SSSR count). The Kier molecular flexibility index (Phi) is 5.79. The van der Waals surface area contributed by atoms with Crippen LogP contribution in [-0.4, -0.2) is 15.9 Å². The number of hydrogen-bond donors (Lipinski definition) is 1. The van der Waals surface area contributed by atoms with E-state index >= 15 is 0 Å². The van der Waals surface area contributed by atoms with Crippen molar-refractivity contribution < 1.29 is 13.9 Å². The number of anilines is 1. The van der Waals surface area contributed by atoms with Crippen LogP contribution in [0.5, 0.6) is 0 Å². The summed E-state index contributed by atoms with van der Waals surface area (Å²) in [5, 5.41) is 0.590. The van der Waals surface area contributed by atoms with E-state index in [1.54, 1.807) is 12.1 Å². The van der Waals surface area contributed by atoms with E-state index in [1.807, 2.05) is 0 Å². The van der Waals surface area contributed by atoms with Gasteiger partial charge in [0.15, 0.2) is 11.5 Å². The number of aromatic nitrogens is 2. The van der Waals surface area contributed by atoms with Gasteiger partial charge >= 0.3 is 5.97 Å². The van der Waals surface area contributed by atoms with Crippen LogP contribution in [0, 0.1) is 5.82 Å². The second kappa shape index (κ2) is 8.08. The van der Waals surface area contributed by atoms with Crippen molar-refractivity contribution in [3.63, 3.8) is 0 Å². The van der Waals surface area contributed by atoms with Gasteiger partial charge in [0.05, 0.1) is 5.02 Å². The van der Waals surface area contributed by atoms with Crippen LogP contribution in [0.25, 0.3) is 11.4 Å². The highest BCUT2D eigenvalue weighted by Crippen LogP contribution is 2.31. The molecule has 5 nitrogen and oxygen atoms in total. The first-order valence-electron chi connectivity index (χ1n) is 7.55. The van der Waals surface area contributed by atoms with Gasteiger partial charge in [-0.15, -0.1) is 0 Å². The number of ether oxygens (including phenoxy) is 1. The molecule has 0 spiro atoms. The summed E-state index contributed by atoms with van der Waals surface area (Å²) in [5.41, 5.74) is 6.63. The number of nitrogens with two attached hydrogens (primary N) is 1. The van der Waals surface area contributed by atoms with Crippen molar-refractivity contribution in [1.29, 1.82) is 0 Å². The highest BCUT2D eigenvalue weighted by molar-refractivity contribution is 6.37. The molecule has 138 valence electrons. The van der Waals surface area contributed by atoms with Gasteiger partial charge in [0, 0.05) is 10.6 Å². The molecular weight excluding hydrogens is 416 g/mol. The van der Waals surface area contributed by atoms with Crippen LogP contribution in [-0.2, 0) is 11.3 Å². The van der Waals surface area contributed by atoms with E-state index in [2.05, 4.69) is 9.97 Å². The number of hydrogen-bond acceptors (Lipinski definition) is 5. The minimum absolute atomic E-state index is 0.0869. The van der Waals surface area contributed by atoms with Crippen molar-refractivity contribution in [3.8, 4) is 11.4 Å². The molecular formula is C18H11Cl3FN3O2. The van der Waals surface area contributed by atoms with Gasteiger partial charge in [-0.05, 0) is 35.9 Å². The van der Waals surface area contributed by atoms with Crippen molar-refractivity contribution in [3.05, 3.63) is 74.6 Å². The van der Waals surface area contributed by atoms with Crippen molar-refractivity contribution in [1.82, 2.24) is 9.97 Å². The molecule has 0 saturated carbocycles. The van der Waals surface area contributed by atoms with Crippen molar-refractivity contribution >= 4 is 46.6 Å². The molecule has 9 heteroatoms. The van der Waals surface area contributed by atoms with E-state index in [9.17, 15) is 9.18 Å². The molecule has 0 bridgehead atoms. The molecule has 27 heavy (non-hydrogen) atoms. The van der Waals surface area contributed by atoms with Gasteiger partial charge in [-0.3, -0.25) is 0 Å². The van der Waals surface area contributed by atoms with Gasteiger partial charge in [-0.1, -0.05) is 46.9 Å². The lowest BCUT2D eigenvalue weighted by Crippen LogP contribution is -2.12. The molecule has 1 heterocycles. The van der Waals surface area contributed by atoms with E-state index in [0.29, 0.717) is 16.1 Å². The zero-order valence-electron chi connectivity index (χ0n) is 13.5. The molecule has 3 aromatic rings. The summed E-state index contributed by atoms with van der Waals surface area (Å²) in [6.07, 6.45) is 0. The lowest BCUT2D eigenvalue weighted by Gasteiger charge is -2.10. The van der Waals surface area contributed by atoms with E-state index in [4.69, 9.17) is 45.3 Å². The van der Waals surface area contributed by atoms with Gasteiger partial charge in [-0.25, -0.2) is 19.2 Å². The molecule has 0 aliphatic rings. The van der Waals surface area contributed by atoms with Crippen molar-refractivity contribution in [2.75, 3.05) is 5.73 Å². The first kappa shape index (κ1) is 19.4. The first-order chi connectivity index (χ1) is 12.8. The zero-order chi connectivity index (χ0) is 19.6. The second-order valence-electron chi connectivity index (χ2n) is 5.42. The van der Waals surface area contributed by atoms with E-state index < -0.39 is 5.97 Å². The molecule has 2 aromatic carbocycles. The Bertz CT molecular complexity index is 1010. The average Bonchev–Trinajstić information content (AvgIpc) is 2.63. The Morgan fingerprint density at radius 1 is 1.07 bits per heavy atom. The third-order valence-corrected chi connectivity index (χ3v) is 4.45. The smallest absolute Gasteiger partial charge is 0.359 e. The summed E-state index contributed by atoms with van der Waals surface area (Å²) in [6.45, 7) is -0.0869. The Balaban J connectivity index is 1.89. The molecule has 0 amide bonds. The minimum atomic E-state index is -0.801. The predicted molar refractivity (Wildman–Crippen MR) is 102 cm³/mol. The highest BCUT2D eigenvalue weighted by atomic mass is 35.5. The number of esters is 1. The molecule has 0 saturated heterocycles. The van der Waals surface area contributed by atoms with E-state index in [-0.39, 0.29) is 39.8 Å². The molecule has 0 aliphatic carbocycles. The molecule has 0 aliphatic heterocycles. The SMILES string of the molecule is Nc1nc(-c2ccc(Cl)cc2Cl)nc(C(=O)OCc2ccc(F)cc2)c1Cl. The van der Waals surface area contributed by atoms with Crippen molar-refractivity contribution in [2.24, 2.45) is 0 Å². The van der Waals surface area contributed by atoms with Crippen LogP contribution in [0.4, 0.5) is 10.2 Å². The summed E-state index contributed by atoms with van der Waals surface area (Å²) in [5.74, 6) is -1.18. The maximum atomic E-state index is 12.9. The highest BCUT2D eigenvalue weighted by Gasteiger charge is 2.21. The fraction of sp³-hybridized carbons (Fsp3) is 0.0556. The maximum Gasteiger partial charge on any atom is 0.359 e. The lowest BCUT2D eigenvalue weighted by atomic mass is 10.2. The average molecular weight is 427 g/mol. The molecule has 2 N–H and O–H groups in total. The number of rotatable bonds is 4. The number of halogens is 4. The molecule has 0 unspecified atom stereocenters. The summed E-state index contributed by atoms with van der Waals surface area (Å²) in [6, 6.07) is 10.2. The Hall–Kier alpha value is -2.41.